The molecule has 1 atom stereocenters. The highest BCUT2D eigenvalue weighted by Gasteiger charge is 2.38. The number of likely N-dealkylation sites (tertiary alicyclic amines) is 1. The molecule has 8 heteroatoms. The summed E-state index contributed by atoms with van der Waals surface area (Å²) in [6.07, 6.45) is 8.39. The maximum Gasteiger partial charge on any atom is 0.414 e. The molecule has 1 fully saturated rings. The summed E-state index contributed by atoms with van der Waals surface area (Å²) in [5, 5.41) is -0.575. The zero-order valence-electron chi connectivity index (χ0n) is 22.1. The summed E-state index contributed by atoms with van der Waals surface area (Å²) in [6.45, 7) is 3.73. The topological polar surface area (TPSA) is 76.2 Å². The Bertz CT molecular complexity index is 1130. The number of piperidine rings is 1. The predicted molar refractivity (Wildman–Crippen MR) is 146 cm³/mol. The summed E-state index contributed by atoms with van der Waals surface area (Å²) in [4.78, 5) is 16.9. The standard InChI is InChI=1S/C29H40N2O5S/c1-3-4-5-6-7-8-13-28(37(33,34)26-16-14-25(35-2)15-17-26)30-20-18-24(19-21-30)31-27-12-10-9-11-23(27)22-36-29(31)32/h9-12,14-17,24,28H,3-8,13,18-22H2,1-2H3. The van der Waals surface area contributed by atoms with Gasteiger partial charge in [-0.25, -0.2) is 13.2 Å². The molecule has 2 aliphatic heterocycles. The molecule has 2 aromatic carbocycles. The van der Waals surface area contributed by atoms with E-state index in [1.165, 1.54) is 19.3 Å². The fraction of sp³-hybridized carbons (Fsp3) is 0.552. The monoisotopic (exact) mass is 528 g/mol. The number of unbranched alkanes of at least 4 members (excludes halogenated alkanes) is 5. The Balaban J connectivity index is 1.47. The van der Waals surface area contributed by atoms with Gasteiger partial charge < -0.3 is 9.47 Å². The molecule has 0 spiro atoms. The maximum atomic E-state index is 13.8. The van der Waals surface area contributed by atoms with Gasteiger partial charge in [0, 0.05) is 24.7 Å². The SMILES string of the molecule is CCCCCCCCC(N1CCC(N2C(=O)OCc3ccccc32)CC1)S(=O)(=O)c1ccc(OC)cc1. The van der Waals surface area contributed by atoms with Gasteiger partial charge in [-0.15, -0.1) is 0 Å². The summed E-state index contributed by atoms with van der Waals surface area (Å²) < 4.78 is 38.3. The van der Waals surface area contributed by atoms with E-state index in [-0.39, 0.29) is 12.1 Å². The molecule has 37 heavy (non-hydrogen) atoms. The number of methoxy groups -OCH3 is 1. The van der Waals surface area contributed by atoms with Crippen LogP contribution in [0.2, 0.25) is 0 Å². The number of hydrogen-bond acceptors (Lipinski definition) is 6. The highest BCUT2D eigenvalue weighted by Crippen LogP contribution is 2.34. The van der Waals surface area contributed by atoms with Gasteiger partial charge in [0.1, 0.15) is 17.7 Å². The van der Waals surface area contributed by atoms with E-state index in [2.05, 4.69) is 11.8 Å². The third-order valence-electron chi connectivity index (χ3n) is 7.62. The number of para-hydroxylation sites is 1. The van der Waals surface area contributed by atoms with Gasteiger partial charge in [-0.2, -0.15) is 0 Å². The minimum atomic E-state index is -3.56. The van der Waals surface area contributed by atoms with Gasteiger partial charge in [0.25, 0.3) is 0 Å². The minimum absolute atomic E-state index is 0.0106. The number of hydrogen-bond donors (Lipinski definition) is 0. The van der Waals surface area contributed by atoms with Gasteiger partial charge in [-0.1, -0.05) is 63.6 Å². The molecule has 2 heterocycles. The van der Waals surface area contributed by atoms with Crippen molar-refractivity contribution in [1.29, 1.82) is 0 Å². The van der Waals surface area contributed by atoms with E-state index in [0.29, 0.717) is 49.6 Å². The summed E-state index contributed by atoms with van der Waals surface area (Å²) in [5.74, 6) is 0.640. The molecule has 1 unspecified atom stereocenters. The zero-order valence-corrected chi connectivity index (χ0v) is 22.9. The molecule has 7 nitrogen and oxygen atoms in total. The van der Waals surface area contributed by atoms with Crippen molar-refractivity contribution in [1.82, 2.24) is 4.90 Å². The second kappa shape index (κ2) is 12.8. The van der Waals surface area contributed by atoms with Crippen molar-refractivity contribution < 1.29 is 22.7 Å². The zero-order chi connectivity index (χ0) is 26.3. The Kier molecular flexibility index (Phi) is 9.49. The third-order valence-corrected chi connectivity index (χ3v) is 9.80. The lowest BCUT2D eigenvalue weighted by Gasteiger charge is -2.42. The van der Waals surface area contributed by atoms with Crippen LogP contribution in [-0.4, -0.2) is 51.0 Å². The average molecular weight is 529 g/mol. The quantitative estimate of drug-likeness (QED) is 0.307. The van der Waals surface area contributed by atoms with Gasteiger partial charge in [0.2, 0.25) is 0 Å². The van der Waals surface area contributed by atoms with Crippen LogP contribution in [-0.2, 0) is 21.2 Å². The second-order valence-electron chi connectivity index (χ2n) is 10.1. The number of anilines is 1. The van der Waals surface area contributed by atoms with Crippen molar-refractivity contribution in [2.75, 3.05) is 25.1 Å². The van der Waals surface area contributed by atoms with Gasteiger partial charge in [-0.3, -0.25) is 9.80 Å². The van der Waals surface area contributed by atoms with E-state index in [1.807, 2.05) is 24.3 Å². The first-order chi connectivity index (χ1) is 18.0. The normalized spacial score (nSPS) is 17.8. The number of ether oxygens (including phenoxy) is 2. The van der Waals surface area contributed by atoms with Gasteiger partial charge in [-0.05, 0) is 49.6 Å². The lowest BCUT2D eigenvalue weighted by Crippen LogP contribution is -2.52. The summed E-state index contributed by atoms with van der Waals surface area (Å²) >= 11 is 0. The van der Waals surface area contributed by atoms with E-state index in [9.17, 15) is 13.2 Å². The van der Waals surface area contributed by atoms with Crippen molar-refractivity contribution in [2.24, 2.45) is 0 Å². The summed E-state index contributed by atoms with van der Waals surface area (Å²) in [5.41, 5.74) is 1.92. The summed E-state index contributed by atoms with van der Waals surface area (Å²) in [6, 6.07) is 14.6. The molecule has 202 valence electrons. The van der Waals surface area contributed by atoms with Crippen molar-refractivity contribution in [3.8, 4) is 5.75 Å². The number of rotatable bonds is 12. The molecule has 1 saturated heterocycles. The van der Waals surface area contributed by atoms with Crippen molar-refractivity contribution >= 4 is 21.6 Å². The largest absolute Gasteiger partial charge is 0.497 e. The molecule has 0 bridgehead atoms. The second-order valence-corrected chi connectivity index (χ2v) is 12.2. The molecular weight excluding hydrogens is 488 g/mol. The predicted octanol–water partition coefficient (Wildman–Crippen LogP) is 6.17. The number of sulfone groups is 1. The average Bonchev–Trinajstić information content (AvgIpc) is 2.93. The van der Waals surface area contributed by atoms with Crippen LogP contribution in [0.15, 0.2) is 53.4 Å². The van der Waals surface area contributed by atoms with Crippen LogP contribution >= 0.6 is 0 Å². The van der Waals surface area contributed by atoms with Crippen molar-refractivity contribution in [3.63, 3.8) is 0 Å². The number of carbonyl (C=O) groups excluding carboxylic acids is 1. The number of nitrogens with zero attached hydrogens (tertiary/aromatic N) is 2. The van der Waals surface area contributed by atoms with E-state index in [1.54, 1.807) is 36.3 Å². The molecular formula is C29H40N2O5S. The Morgan fingerprint density at radius 1 is 0.973 bits per heavy atom. The van der Waals surface area contributed by atoms with Crippen LogP contribution < -0.4 is 9.64 Å². The summed E-state index contributed by atoms with van der Waals surface area (Å²) in [7, 11) is -1.98. The fourth-order valence-electron chi connectivity index (χ4n) is 5.51. The highest BCUT2D eigenvalue weighted by atomic mass is 32.2. The molecule has 0 aliphatic carbocycles. The lowest BCUT2D eigenvalue weighted by atomic mass is 10.0. The number of cyclic esters (lactones) is 1. The Morgan fingerprint density at radius 2 is 1.65 bits per heavy atom. The van der Waals surface area contributed by atoms with E-state index in [0.717, 1.165) is 30.5 Å². The fourth-order valence-corrected chi connectivity index (χ4v) is 7.42. The van der Waals surface area contributed by atoms with Gasteiger partial charge in [0.15, 0.2) is 9.84 Å². The van der Waals surface area contributed by atoms with Gasteiger partial charge >= 0.3 is 6.09 Å². The van der Waals surface area contributed by atoms with E-state index >= 15 is 0 Å². The molecule has 2 aliphatic rings. The number of amides is 1. The van der Waals surface area contributed by atoms with Gasteiger partial charge in [0.05, 0.1) is 17.7 Å². The number of fused-ring (bicyclic) bond motifs is 1. The molecule has 0 radical (unpaired) electrons. The Labute approximate surface area is 221 Å². The molecule has 2 aromatic rings. The van der Waals surface area contributed by atoms with Crippen molar-refractivity contribution in [3.05, 3.63) is 54.1 Å². The first kappa shape index (κ1) is 27.5. The molecule has 4 rings (SSSR count). The highest BCUT2D eigenvalue weighted by molar-refractivity contribution is 7.92. The lowest BCUT2D eigenvalue weighted by molar-refractivity contribution is 0.129. The third kappa shape index (κ3) is 6.47. The van der Waals surface area contributed by atoms with E-state index in [4.69, 9.17) is 9.47 Å². The van der Waals surface area contributed by atoms with E-state index < -0.39 is 15.2 Å². The Morgan fingerprint density at radius 3 is 2.35 bits per heavy atom. The Hall–Kier alpha value is -2.58. The van der Waals surface area contributed by atoms with Crippen LogP contribution in [0.5, 0.6) is 5.75 Å². The van der Waals surface area contributed by atoms with Crippen LogP contribution in [0.25, 0.3) is 0 Å². The van der Waals surface area contributed by atoms with Crippen LogP contribution in [0.4, 0.5) is 10.5 Å². The van der Waals surface area contributed by atoms with Crippen LogP contribution in [0.3, 0.4) is 0 Å². The smallest absolute Gasteiger partial charge is 0.414 e. The number of benzene rings is 2. The van der Waals surface area contributed by atoms with Crippen LogP contribution in [0, 0.1) is 0 Å². The molecule has 0 N–H and O–H groups in total. The first-order valence-corrected chi connectivity index (χ1v) is 15.2. The number of carbonyl (C=O) groups is 1. The maximum absolute atomic E-state index is 13.8. The molecule has 1 amide bonds. The molecule has 0 saturated carbocycles. The van der Waals surface area contributed by atoms with Crippen molar-refractivity contribution in [2.45, 2.75) is 87.6 Å². The molecule has 0 aromatic heterocycles. The first-order valence-electron chi connectivity index (χ1n) is 13.6. The van der Waals surface area contributed by atoms with Crippen LogP contribution in [0.1, 0.15) is 70.3 Å². The minimum Gasteiger partial charge on any atom is -0.497 e.